The van der Waals surface area contributed by atoms with Crippen LogP contribution >= 0.6 is 0 Å². The summed E-state index contributed by atoms with van der Waals surface area (Å²) in [6.07, 6.45) is 4.22. The molecule has 102 valence electrons. The van der Waals surface area contributed by atoms with Gasteiger partial charge in [-0.2, -0.15) is 0 Å². The Morgan fingerprint density at radius 2 is 2.17 bits per heavy atom. The predicted octanol–water partition coefficient (Wildman–Crippen LogP) is 0.888. The highest BCUT2D eigenvalue weighted by molar-refractivity contribution is 5.92. The smallest absolute Gasteiger partial charge is 0.329 e. The molecule has 0 aromatic rings. The van der Waals surface area contributed by atoms with Gasteiger partial charge in [0.25, 0.3) is 0 Å². The van der Waals surface area contributed by atoms with Crippen LogP contribution in [-0.2, 0) is 9.59 Å². The van der Waals surface area contributed by atoms with Gasteiger partial charge in [0.15, 0.2) is 0 Å². The van der Waals surface area contributed by atoms with Gasteiger partial charge in [-0.1, -0.05) is 6.92 Å². The minimum Gasteiger partial charge on any atom is -0.480 e. The number of carbonyl (C=O) groups excluding carboxylic acids is 1. The largest absolute Gasteiger partial charge is 0.480 e. The lowest BCUT2D eigenvalue weighted by Gasteiger charge is -2.33. The summed E-state index contributed by atoms with van der Waals surface area (Å²) in [6.45, 7) is 4.42. The molecule has 0 spiro atoms. The maximum atomic E-state index is 12.4. The van der Waals surface area contributed by atoms with E-state index in [4.69, 9.17) is 0 Å². The van der Waals surface area contributed by atoms with E-state index in [9.17, 15) is 14.7 Å². The molecule has 5 heteroatoms. The van der Waals surface area contributed by atoms with E-state index in [2.05, 4.69) is 10.6 Å². The van der Waals surface area contributed by atoms with E-state index >= 15 is 0 Å². The van der Waals surface area contributed by atoms with Gasteiger partial charge in [0, 0.05) is 0 Å². The van der Waals surface area contributed by atoms with Crippen LogP contribution in [0.25, 0.3) is 0 Å². The van der Waals surface area contributed by atoms with Crippen LogP contribution < -0.4 is 10.6 Å². The van der Waals surface area contributed by atoms with Crippen molar-refractivity contribution in [2.24, 2.45) is 5.92 Å². The Bertz CT molecular complexity index is 359. The summed E-state index contributed by atoms with van der Waals surface area (Å²) in [4.78, 5) is 23.8. The number of carboxylic acids is 1. The zero-order valence-electron chi connectivity index (χ0n) is 11.1. The molecular weight excluding hydrogens is 232 g/mol. The highest BCUT2D eigenvalue weighted by Gasteiger charge is 2.51. The maximum Gasteiger partial charge on any atom is 0.329 e. The Hall–Kier alpha value is -1.10. The van der Waals surface area contributed by atoms with Crippen LogP contribution in [0.5, 0.6) is 0 Å². The van der Waals surface area contributed by atoms with E-state index in [1.165, 1.54) is 0 Å². The quantitative estimate of drug-likeness (QED) is 0.681. The first-order valence-corrected chi connectivity index (χ1v) is 6.75. The first-order valence-electron chi connectivity index (χ1n) is 6.75. The van der Waals surface area contributed by atoms with Crippen molar-refractivity contribution in [1.29, 1.82) is 0 Å². The van der Waals surface area contributed by atoms with Crippen molar-refractivity contribution in [3.05, 3.63) is 0 Å². The van der Waals surface area contributed by atoms with Crippen LogP contribution in [0.2, 0.25) is 0 Å². The van der Waals surface area contributed by atoms with Gasteiger partial charge in [-0.05, 0) is 51.5 Å². The lowest BCUT2D eigenvalue weighted by atomic mass is 9.89. The molecule has 0 bridgehead atoms. The third kappa shape index (κ3) is 2.11. The van der Waals surface area contributed by atoms with Crippen molar-refractivity contribution < 1.29 is 14.7 Å². The van der Waals surface area contributed by atoms with Gasteiger partial charge < -0.3 is 15.7 Å². The maximum absolute atomic E-state index is 12.4. The van der Waals surface area contributed by atoms with Gasteiger partial charge in [0.05, 0.1) is 5.54 Å². The Labute approximate surface area is 107 Å². The molecule has 0 aromatic heterocycles. The molecule has 1 saturated heterocycles. The molecule has 2 atom stereocenters. The highest BCUT2D eigenvalue weighted by atomic mass is 16.4. The van der Waals surface area contributed by atoms with Gasteiger partial charge in [-0.3, -0.25) is 4.79 Å². The fraction of sp³-hybridized carbons (Fsp3) is 0.846. The molecule has 5 nitrogen and oxygen atoms in total. The monoisotopic (exact) mass is 254 g/mol. The van der Waals surface area contributed by atoms with Gasteiger partial charge in [0.2, 0.25) is 5.91 Å². The molecule has 2 aliphatic rings. The summed E-state index contributed by atoms with van der Waals surface area (Å²) < 4.78 is 0. The molecule has 0 aromatic carbocycles. The second kappa shape index (κ2) is 4.53. The Balaban J connectivity index is 2.11. The van der Waals surface area contributed by atoms with E-state index in [-0.39, 0.29) is 11.8 Å². The summed E-state index contributed by atoms with van der Waals surface area (Å²) in [5.41, 5.74) is -1.67. The Morgan fingerprint density at radius 3 is 2.56 bits per heavy atom. The standard InChI is InChI=1S/C13H22N2O3/c1-3-13(7-4-8-14-13)10(16)15-12(2,11(17)18)9-5-6-9/h9,14H,3-8H2,1-2H3,(H,15,16)(H,17,18). The summed E-state index contributed by atoms with van der Waals surface area (Å²) in [7, 11) is 0. The zero-order chi connectivity index (χ0) is 13.4. The molecule has 1 amide bonds. The number of nitrogens with one attached hydrogen (secondary N) is 2. The average Bonchev–Trinajstić information content (AvgIpc) is 3.07. The molecule has 0 radical (unpaired) electrons. The normalized spacial score (nSPS) is 30.8. The number of rotatable bonds is 5. The topological polar surface area (TPSA) is 78.4 Å². The minimum absolute atomic E-state index is 0.0780. The van der Waals surface area contributed by atoms with Crippen LogP contribution in [0.15, 0.2) is 0 Å². The van der Waals surface area contributed by atoms with Crippen molar-refractivity contribution in [1.82, 2.24) is 10.6 Å². The molecule has 2 rings (SSSR count). The predicted molar refractivity (Wildman–Crippen MR) is 67.2 cm³/mol. The van der Waals surface area contributed by atoms with Gasteiger partial charge >= 0.3 is 5.97 Å². The number of carboxylic acid groups (broad SMARTS) is 1. The van der Waals surface area contributed by atoms with Crippen molar-refractivity contribution in [2.75, 3.05) is 6.54 Å². The Kier molecular flexibility index (Phi) is 3.36. The van der Waals surface area contributed by atoms with E-state index in [0.717, 1.165) is 32.2 Å². The molecule has 1 heterocycles. The number of amides is 1. The number of hydrogen-bond acceptors (Lipinski definition) is 3. The lowest BCUT2D eigenvalue weighted by molar-refractivity contribution is -0.149. The fourth-order valence-electron chi connectivity index (χ4n) is 2.81. The summed E-state index contributed by atoms with van der Waals surface area (Å²) in [5.74, 6) is -1.00. The summed E-state index contributed by atoms with van der Waals surface area (Å²) >= 11 is 0. The molecule has 2 unspecified atom stereocenters. The first kappa shape index (κ1) is 13.3. The second-order valence-electron chi connectivity index (χ2n) is 5.70. The van der Waals surface area contributed by atoms with E-state index < -0.39 is 17.0 Å². The summed E-state index contributed by atoms with van der Waals surface area (Å²) in [6, 6.07) is 0. The second-order valence-corrected chi connectivity index (χ2v) is 5.70. The van der Waals surface area contributed by atoms with E-state index in [1.807, 2.05) is 6.92 Å². The van der Waals surface area contributed by atoms with Gasteiger partial charge in [0.1, 0.15) is 5.54 Å². The van der Waals surface area contributed by atoms with Crippen LogP contribution in [0.1, 0.15) is 46.0 Å². The average molecular weight is 254 g/mol. The van der Waals surface area contributed by atoms with Gasteiger partial charge in [-0.25, -0.2) is 4.79 Å². The number of hydrogen-bond donors (Lipinski definition) is 3. The zero-order valence-corrected chi connectivity index (χ0v) is 11.1. The van der Waals surface area contributed by atoms with Crippen molar-refractivity contribution >= 4 is 11.9 Å². The van der Waals surface area contributed by atoms with Crippen molar-refractivity contribution in [3.63, 3.8) is 0 Å². The van der Waals surface area contributed by atoms with E-state index in [1.54, 1.807) is 6.92 Å². The fourth-order valence-corrected chi connectivity index (χ4v) is 2.81. The van der Waals surface area contributed by atoms with Crippen LogP contribution in [0.3, 0.4) is 0 Å². The molecule has 3 N–H and O–H groups in total. The SMILES string of the molecule is CCC1(C(=O)NC(C)(C(=O)O)C2CC2)CCCN1. The van der Waals surface area contributed by atoms with E-state index in [0.29, 0.717) is 6.42 Å². The molecule has 18 heavy (non-hydrogen) atoms. The molecule has 2 fully saturated rings. The molecule has 1 saturated carbocycles. The van der Waals surface area contributed by atoms with Crippen LogP contribution in [0.4, 0.5) is 0 Å². The third-order valence-electron chi connectivity index (χ3n) is 4.49. The van der Waals surface area contributed by atoms with Crippen LogP contribution in [0, 0.1) is 5.92 Å². The molecular formula is C13H22N2O3. The lowest BCUT2D eigenvalue weighted by Crippen LogP contribution is -2.62. The van der Waals surface area contributed by atoms with Crippen molar-refractivity contribution in [3.8, 4) is 0 Å². The molecule has 1 aliphatic carbocycles. The molecule has 1 aliphatic heterocycles. The van der Waals surface area contributed by atoms with Crippen LogP contribution in [-0.4, -0.2) is 34.6 Å². The minimum atomic E-state index is -1.11. The summed E-state index contributed by atoms with van der Waals surface area (Å²) in [5, 5.41) is 15.4. The number of carbonyl (C=O) groups is 2. The van der Waals surface area contributed by atoms with Gasteiger partial charge in [-0.15, -0.1) is 0 Å². The third-order valence-corrected chi connectivity index (χ3v) is 4.49. The number of aliphatic carboxylic acids is 1. The first-order chi connectivity index (χ1) is 8.44. The highest BCUT2D eigenvalue weighted by Crippen LogP contribution is 2.40. The van der Waals surface area contributed by atoms with Crippen molar-refractivity contribution in [2.45, 2.75) is 57.0 Å². The Morgan fingerprint density at radius 1 is 1.50 bits per heavy atom.